The van der Waals surface area contributed by atoms with Crippen molar-refractivity contribution < 1.29 is 9.90 Å². The molecule has 0 atom stereocenters. The van der Waals surface area contributed by atoms with Crippen LogP contribution in [0.15, 0.2) is 9.30 Å². The molecular weight excluding hydrogens is 302 g/mol. The first-order valence-electron chi connectivity index (χ1n) is 3.68. The van der Waals surface area contributed by atoms with Gasteiger partial charge >= 0.3 is 5.97 Å². The number of halogens is 1. The minimum absolute atomic E-state index is 0.116. The van der Waals surface area contributed by atoms with Crippen molar-refractivity contribution in [3.8, 4) is 10.7 Å². The van der Waals surface area contributed by atoms with E-state index in [1.807, 2.05) is 0 Å². The molecule has 2 rings (SSSR count). The Morgan fingerprint density at radius 2 is 2.33 bits per heavy atom. The summed E-state index contributed by atoms with van der Waals surface area (Å²) in [5, 5.41) is 9.48. The van der Waals surface area contributed by atoms with Crippen molar-refractivity contribution in [3.63, 3.8) is 0 Å². The van der Waals surface area contributed by atoms with Crippen molar-refractivity contribution in [2.75, 3.05) is 5.73 Å². The van der Waals surface area contributed by atoms with E-state index in [4.69, 9.17) is 10.8 Å². The lowest BCUT2D eigenvalue weighted by Gasteiger charge is -1.88. The van der Waals surface area contributed by atoms with Gasteiger partial charge in [-0.25, -0.2) is 14.8 Å². The van der Waals surface area contributed by atoms with Gasteiger partial charge in [-0.15, -0.1) is 11.3 Å². The highest BCUT2D eigenvalue weighted by atomic mass is 79.9. The van der Waals surface area contributed by atoms with Crippen LogP contribution in [0.1, 0.15) is 10.5 Å². The number of hydrogen-bond donors (Lipinski definition) is 2. The van der Waals surface area contributed by atoms with E-state index in [1.54, 1.807) is 5.51 Å². The Bertz CT molecular complexity index is 522. The number of aromatic nitrogens is 2. The smallest absolute Gasteiger partial charge is 0.357 e. The van der Waals surface area contributed by atoms with Crippen molar-refractivity contribution in [2.24, 2.45) is 0 Å². The number of hydrogen-bond acceptors (Lipinski definition) is 6. The molecule has 0 aliphatic heterocycles. The van der Waals surface area contributed by atoms with Crippen LogP contribution in [0.4, 0.5) is 5.00 Å². The standard InChI is InChI=1S/C7H4BrN3O2S2/c8-4-2(10-1-14-4)6-11-3(7(12)13)5(9)15-6/h1H,9H2,(H,12,13). The van der Waals surface area contributed by atoms with E-state index < -0.39 is 5.97 Å². The Labute approximate surface area is 101 Å². The molecule has 78 valence electrons. The maximum atomic E-state index is 10.7. The van der Waals surface area contributed by atoms with Gasteiger partial charge in [0.05, 0.1) is 5.51 Å². The average Bonchev–Trinajstić information content (AvgIpc) is 2.71. The molecule has 0 bridgehead atoms. The van der Waals surface area contributed by atoms with E-state index in [0.717, 1.165) is 15.1 Å². The molecule has 0 saturated heterocycles. The van der Waals surface area contributed by atoms with Crippen LogP contribution < -0.4 is 5.73 Å². The normalized spacial score (nSPS) is 10.5. The number of nitrogens with two attached hydrogens (primary N) is 1. The maximum absolute atomic E-state index is 10.7. The van der Waals surface area contributed by atoms with Gasteiger partial charge in [-0.05, 0) is 15.9 Å². The van der Waals surface area contributed by atoms with Crippen molar-refractivity contribution in [1.29, 1.82) is 0 Å². The van der Waals surface area contributed by atoms with Crippen LogP contribution in [0.25, 0.3) is 10.7 Å². The molecular formula is C7H4BrN3O2S2. The molecule has 5 nitrogen and oxygen atoms in total. The molecule has 0 amide bonds. The molecule has 15 heavy (non-hydrogen) atoms. The zero-order chi connectivity index (χ0) is 11.0. The number of aromatic carboxylic acids is 1. The molecule has 0 fully saturated rings. The Kier molecular flexibility index (Phi) is 2.72. The summed E-state index contributed by atoms with van der Waals surface area (Å²) in [5.41, 5.74) is 7.70. The van der Waals surface area contributed by atoms with Gasteiger partial charge in [0, 0.05) is 0 Å². The number of carboxylic acids is 1. The highest BCUT2D eigenvalue weighted by Gasteiger charge is 2.18. The molecule has 0 unspecified atom stereocenters. The Balaban J connectivity index is 2.52. The van der Waals surface area contributed by atoms with Crippen molar-refractivity contribution in [2.45, 2.75) is 0 Å². The summed E-state index contributed by atoms with van der Waals surface area (Å²) in [6.45, 7) is 0. The molecule has 2 aromatic rings. The fraction of sp³-hybridized carbons (Fsp3) is 0. The number of carbonyl (C=O) groups is 1. The molecule has 0 aliphatic carbocycles. The second kappa shape index (κ2) is 3.87. The van der Waals surface area contributed by atoms with E-state index in [1.165, 1.54) is 11.3 Å². The van der Waals surface area contributed by atoms with Crippen LogP contribution in [0, 0.1) is 0 Å². The molecule has 0 aliphatic rings. The van der Waals surface area contributed by atoms with Gasteiger partial charge in [0.15, 0.2) is 5.69 Å². The molecule has 2 heterocycles. The number of anilines is 1. The average molecular weight is 306 g/mol. The number of nitrogens with zero attached hydrogens (tertiary/aromatic N) is 2. The van der Waals surface area contributed by atoms with Gasteiger partial charge in [-0.2, -0.15) is 0 Å². The van der Waals surface area contributed by atoms with E-state index in [9.17, 15) is 4.79 Å². The molecule has 0 radical (unpaired) electrons. The third-order valence-corrected chi connectivity index (χ3v) is 4.02. The maximum Gasteiger partial charge on any atom is 0.357 e. The summed E-state index contributed by atoms with van der Waals surface area (Å²) in [6.07, 6.45) is 0. The Hall–Kier alpha value is -0.990. The van der Waals surface area contributed by atoms with E-state index in [0.29, 0.717) is 10.7 Å². The van der Waals surface area contributed by atoms with Gasteiger partial charge in [-0.1, -0.05) is 11.3 Å². The van der Waals surface area contributed by atoms with Gasteiger partial charge in [-0.3, -0.25) is 0 Å². The number of thiazole rings is 2. The van der Waals surface area contributed by atoms with Crippen LogP contribution >= 0.6 is 38.6 Å². The largest absolute Gasteiger partial charge is 0.476 e. The zero-order valence-electron chi connectivity index (χ0n) is 7.10. The minimum atomic E-state index is -1.12. The van der Waals surface area contributed by atoms with Crippen LogP contribution in [-0.2, 0) is 0 Å². The highest BCUT2D eigenvalue weighted by molar-refractivity contribution is 9.11. The fourth-order valence-electron chi connectivity index (χ4n) is 0.958. The van der Waals surface area contributed by atoms with Crippen molar-refractivity contribution >= 4 is 49.6 Å². The Morgan fingerprint density at radius 1 is 1.60 bits per heavy atom. The molecule has 0 aromatic carbocycles. The topological polar surface area (TPSA) is 89.1 Å². The molecule has 0 spiro atoms. The van der Waals surface area contributed by atoms with Crippen LogP contribution in [0.2, 0.25) is 0 Å². The first-order chi connectivity index (χ1) is 7.09. The second-order valence-electron chi connectivity index (χ2n) is 2.51. The molecule has 2 aromatic heterocycles. The van der Waals surface area contributed by atoms with Gasteiger partial charge < -0.3 is 10.8 Å². The van der Waals surface area contributed by atoms with E-state index in [-0.39, 0.29) is 10.7 Å². The molecule has 0 saturated carbocycles. The summed E-state index contributed by atoms with van der Waals surface area (Å²) in [7, 11) is 0. The zero-order valence-corrected chi connectivity index (χ0v) is 10.3. The summed E-state index contributed by atoms with van der Waals surface area (Å²) in [6, 6.07) is 0. The first kappa shape index (κ1) is 10.5. The lowest BCUT2D eigenvalue weighted by Crippen LogP contribution is -2.00. The summed E-state index contributed by atoms with van der Waals surface area (Å²) < 4.78 is 0.813. The minimum Gasteiger partial charge on any atom is -0.476 e. The summed E-state index contributed by atoms with van der Waals surface area (Å²) >= 11 is 5.83. The monoisotopic (exact) mass is 305 g/mol. The van der Waals surface area contributed by atoms with E-state index >= 15 is 0 Å². The van der Waals surface area contributed by atoms with E-state index in [2.05, 4.69) is 25.9 Å². The number of nitrogen functional groups attached to an aromatic ring is 1. The lowest BCUT2D eigenvalue weighted by molar-refractivity contribution is 0.0692. The van der Waals surface area contributed by atoms with Crippen LogP contribution in [-0.4, -0.2) is 21.0 Å². The van der Waals surface area contributed by atoms with Gasteiger partial charge in [0.2, 0.25) is 0 Å². The number of rotatable bonds is 2. The third kappa shape index (κ3) is 1.87. The fourth-order valence-corrected chi connectivity index (χ4v) is 3.03. The predicted molar refractivity (Wildman–Crippen MR) is 62.3 cm³/mol. The highest BCUT2D eigenvalue weighted by Crippen LogP contribution is 2.35. The predicted octanol–water partition coefficient (Wildman–Crippen LogP) is 2.31. The van der Waals surface area contributed by atoms with Gasteiger partial charge in [0.1, 0.15) is 19.5 Å². The SMILES string of the molecule is Nc1sc(-c2ncsc2Br)nc1C(=O)O. The first-order valence-corrected chi connectivity index (χ1v) is 6.17. The number of carboxylic acid groups (broad SMARTS) is 1. The van der Waals surface area contributed by atoms with Crippen molar-refractivity contribution in [3.05, 3.63) is 15.0 Å². The van der Waals surface area contributed by atoms with Crippen molar-refractivity contribution in [1.82, 2.24) is 9.97 Å². The quantitative estimate of drug-likeness (QED) is 0.888. The summed E-state index contributed by atoms with van der Waals surface area (Å²) in [5.74, 6) is -1.12. The third-order valence-electron chi connectivity index (χ3n) is 1.58. The lowest BCUT2D eigenvalue weighted by atomic mass is 10.4. The van der Waals surface area contributed by atoms with Crippen LogP contribution in [0.3, 0.4) is 0 Å². The summed E-state index contributed by atoms with van der Waals surface area (Å²) in [4.78, 5) is 18.7. The van der Waals surface area contributed by atoms with Gasteiger partial charge in [0.25, 0.3) is 0 Å². The Morgan fingerprint density at radius 3 is 2.80 bits per heavy atom. The molecule has 8 heteroatoms. The molecule has 3 N–H and O–H groups in total. The van der Waals surface area contributed by atoms with Crippen LogP contribution in [0.5, 0.6) is 0 Å². The second-order valence-corrected chi connectivity index (χ2v) is 5.72.